The Bertz CT molecular complexity index is 882. The molecule has 2 aromatic carbocycles. The van der Waals surface area contributed by atoms with Crippen molar-refractivity contribution in [1.29, 1.82) is 0 Å². The smallest absolute Gasteiger partial charge is 0.268 e. The third kappa shape index (κ3) is 3.98. The van der Waals surface area contributed by atoms with Crippen LogP contribution < -0.4 is 20.8 Å². The molecule has 2 amide bonds. The molecular weight excluding hydrogens is 356 g/mol. The Hall–Kier alpha value is -3.35. The van der Waals surface area contributed by atoms with E-state index >= 15 is 0 Å². The molecule has 0 radical (unpaired) electrons. The quantitative estimate of drug-likeness (QED) is 0.771. The summed E-state index contributed by atoms with van der Waals surface area (Å²) in [6.45, 7) is 1.98. The number of carbonyl (C=O) groups excluding carboxylic acids is 2. The number of carbonyl (C=O) groups is 2. The largest absolute Gasteiger partial charge is 0.496 e. The lowest BCUT2D eigenvalue weighted by molar-refractivity contribution is -0.119. The van der Waals surface area contributed by atoms with E-state index in [0.717, 1.165) is 5.56 Å². The van der Waals surface area contributed by atoms with Crippen molar-refractivity contribution in [3.63, 3.8) is 0 Å². The van der Waals surface area contributed by atoms with Crippen molar-refractivity contribution in [2.24, 2.45) is 10.8 Å². The molecule has 3 rings (SSSR count). The van der Waals surface area contributed by atoms with E-state index in [1.54, 1.807) is 7.11 Å². The predicted molar refractivity (Wildman–Crippen MR) is 108 cm³/mol. The van der Waals surface area contributed by atoms with Gasteiger partial charge >= 0.3 is 0 Å². The molecule has 1 heterocycles. The number of hydrogen-bond acceptors (Lipinski definition) is 5. The number of hydrazone groups is 1. The highest BCUT2D eigenvalue weighted by Crippen LogP contribution is 2.28. The van der Waals surface area contributed by atoms with Gasteiger partial charge in [0, 0.05) is 12.0 Å². The number of benzene rings is 2. The van der Waals surface area contributed by atoms with Gasteiger partial charge in [0.15, 0.2) is 0 Å². The second-order valence-corrected chi connectivity index (χ2v) is 6.53. The van der Waals surface area contributed by atoms with Crippen LogP contribution in [0.25, 0.3) is 0 Å². The summed E-state index contributed by atoms with van der Waals surface area (Å²) < 4.78 is 5.41. The normalized spacial score (nSPS) is 17.0. The number of methoxy groups -OCH3 is 1. The van der Waals surface area contributed by atoms with Crippen molar-refractivity contribution >= 4 is 23.2 Å². The van der Waals surface area contributed by atoms with E-state index in [4.69, 9.17) is 10.5 Å². The standard InChI is InChI=1S/C21H24N4O3/c1-3-16(15-11-7-8-12-19(15)28-2)23-21(27)17-13-18(20(22)26)25(24-17)14-9-5-4-6-10-14/h4-12,16,18H,3,13H2,1-2H3,(H2,22,26)(H,23,27). The van der Waals surface area contributed by atoms with Gasteiger partial charge in [0.2, 0.25) is 5.91 Å². The summed E-state index contributed by atoms with van der Waals surface area (Å²) in [5.41, 5.74) is 7.43. The second kappa shape index (κ2) is 8.56. The third-order valence-electron chi connectivity index (χ3n) is 4.75. The fourth-order valence-corrected chi connectivity index (χ4v) is 3.28. The molecule has 7 nitrogen and oxygen atoms in total. The van der Waals surface area contributed by atoms with Crippen molar-refractivity contribution in [2.75, 3.05) is 12.1 Å². The highest BCUT2D eigenvalue weighted by atomic mass is 16.5. The average molecular weight is 380 g/mol. The summed E-state index contributed by atoms with van der Waals surface area (Å²) in [6.07, 6.45) is 0.847. The third-order valence-corrected chi connectivity index (χ3v) is 4.75. The van der Waals surface area contributed by atoms with Crippen molar-refractivity contribution in [1.82, 2.24) is 5.32 Å². The Balaban J connectivity index is 1.82. The molecule has 0 spiro atoms. The monoisotopic (exact) mass is 380 g/mol. The maximum atomic E-state index is 12.9. The fourth-order valence-electron chi connectivity index (χ4n) is 3.28. The van der Waals surface area contributed by atoms with Crippen LogP contribution in [-0.2, 0) is 9.59 Å². The minimum atomic E-state index is -0.686. The van der Waals surface area contributed by atoms with Gasteiger partial charge in [-0.25, -0.2) is 0 Å². The first-order chi connectivity index (χ1) is 13.5. The molecule has 1 aliphatic rings. The summed E-state index contributed by atoms with van der Waals surface area (Å²) >= 11 is 0. The number of nitrogens with one attached hydrogen (secondary N) is 1. The summed E-state index contributed by atoms with van der Waals surface area (Å²) in [7, 11) is 1.60. The van der Waals surface area contributed by atoms with E-state index in [9.17, 15) is 9.59 Å². The van der Waals surface area contributed by atoms with Crippen LogP contribution in [0.3, 0.4) is 0 Å². The number of ether oxygens (including phenoxy) is 1. The molecule has 28 heavy (non-hydrogen) atoms. The fraction of sp³-hybridized carbons (Fsp3) is 0.286. The first-order valence-corrected chi connectivity index (χ1v) is 9.20. The topological polar surface area (TPSA) is 97.0 Å². The molecule has 7 heteroatoms. The molecular formula is C21H24N4O3. The van der Waals surface area contributed by atoms with E-state index < -0.39 is 11.9 Å². The van der Waals surface area contributed by atoms with Gasteiger partial charge in [-0.2, -0.15) is 5.10 Å². The summed E-state index contributed by atoms with van der Waals surface area (Å²) in [5, 5.41) is 8.91. The summed E-state index contributed by atoms with van der Waals surface area (Å²) in [4.78, 5) is 24.8. The maximum Gasteiger partial charge on any atom is 0.268 e. The molecule has 0 aromatic heterocycles. The molecule has 2 atom stereocenters. The highest BCUT2D eigenvalue weighted by Gasteiger charge is 2.35. The van der Waals surface area contributed by atoms with Crippen LogP contribution in [0.15, 0.2) is 59.7 Å². The number of anilines is 1. The Morgan fingerprint density at radius 3 is 2.54 bits per heavy atom. The van der Waals surface area contributed by atoms with Gasteiger partial charge in [0.25, 0.3) is 5.91 Å². The number of primary amides is 1. The Labute approximate surface area is 164 Å². The molecule has 0 fully saturated rings. The van der Waals surface area contributed by atoms with Crippen LogP contribution in [0.2, 0.25) is 0 Å². The zero-order valence-electron chi connectivity index (χ0n) is 16.0. The first kappa shape index (κ1) is 19.4. The predicted octanol–water partition coefficient (Wildman–Crippen LogP) is 2.38. The van der Waals surface area contributed by atoms with Gasteiger partial charge in [-0.15, -0.1) is 0 Å². The number of para-hydroxylation sites is 2. The van der Waals surface area contributed by atoms with E-state index in [-0.39, 0.29) is 24.1 Å². The van der Waals surface area contributed by atoms with E-state index in [2.05, 4.69) is 10.4 Å². The highest BCUT2D eigenvalue weighted by molar-refractivity contribution is 6.40. The van der Waals surface area contributed by atoms with Crippen molar-refractivity contribution in [3.05, 3.63) is 60.2 Å². The van der Waals surface area contributed by atoms with Crippen molar-refractivity contribution in [3.8, 4) is 5.75 Å². The van der Waals surface area contributed by atoms with E-state index in [0.29, 0.717) is 17.9 Å². The van der Waals surface area contributed by atoms with Gasteiger partial charge in [0.1, 0.15) is 17.5 Å². The minimum Gasteiger partial charge on any atom is -0.496 e. The first-order valence-electron chi connectivity index (χ1n) is 9.20. The van der Waals surface area contributed by atoms with Gasteiger partial charge in [-0.3, -0.25) is 14.6 Å². The molecule has 0 saturated heterocycles. The second-order valence-electron chi connectivity index (χ2n) is 6.53. The molecule has 146 valence electrons. The molecule has 0 saturated carbocycles. The van der Waals surface area contributed by atoms with Crippen LogP contribution in [0, 0.1) is 0 Å². The molecule has 2 unspecified atom stereocenters. The summed E-state index contributed by atoms with van der Waals surface area (Å²) in [5.74, 6) is -0.126. The van der Waals surface area contributed by atoms with Crippen LogP contribution in [0.5, 0.6) is 5.75 Å². The number of nitrogens with two attached hydrogens (primary N) is 1. The van der Waals surface area contributed by atoms with Crippen LogP contribution >= 0.6 is 0 Å². The van der Waals surface area contributed by atoms with Crippen molar-refractivity contribution < 1.29 is 14.3 Å². The number of rotatable bonds is 7. The zero-order chi connectivity index (χ0) is 20.1. The van der Waals surface area contributed by atoms with Crippen LogP contribution in [0.4, 0.5) is 5.69 Å². The molecule has 0 aliphatic carbocycles. The van der Waals surface area contributed by atoms with Gasteiger partial charge < -0.3 is 15.8 Å². The lowest BCUT2D eigenvalue weighted by Crippen LogP contribution is -2.40. The van der Waals surface area contributed by atoms with Crippen LogP contribution in [-0.4, -0.2) is 30.7 Å². The van der Waals surface area contributed by atoms with E-state index in [1.807, 2.05) is 61.5 Å². The lowest BCUT2D eigenvalue weighted by Gasteiger charge is -2.20. The van der Waals surface area contributed by atoms with Crippen LogP contribution in [0.1, 0.15) is 31.4 Å². The summed E-state index contributed by atoms with van der Waals surface area (Å²) in [6, 6.07) is 15.9. The molecule has 3 N–H and O–H groups in total. The molecule has 1 aliphatic heterocycles. The molecule has 0 bridgehead atoms. The van der Waals surface area contributed by atoms with Crippen molar-refractivity contribution in [2.45, 2.75) is 31.8 Å². The minimum absolute atomic E-state index is 0.165. The Morgan fingerprint density at radius 1 is 1.21 bits per heavy atom. The van der Waals surface area contributed by atoms with Gasteiger partial charge in [0.05, 0.1) is 18.8 Å². The van der Waals surface area contributed by atoms with E-state index in [1.165, 1.54) is 5.01 Å². The lowest BCUT2D eigenvalue weighted by atomic mass is 10.0. The average Bonchev–Trinajstić information content (AvgIpc) is 3.18. The zero-order valence-corrected chi connectivity index (χ0v) is 16.0. The van der Waals surface area contributed by atoms with Gasteiger partial charge in [-0.05, 0) is 24.6 Å². The Kier molecular flexibility index (Phi) is 5.93. The number of nitrogens with zero attached hydrogens (tertiary/aromatic N) is 2. The van der Waals surface area contributed by atoms with Gasteiger partial charge in [-0.1, -0.05) is 43.3 Å². The maximum absolute atomic E-state index is 12.9. The number of amides is 2. The Morgan fingerprint density at radius 2 is 1.89 bits per heavy atom. The SMILES string of the molecule is CCC(NC(=O)C1=NN(c2ccccc2)C(C(N)=O)C1)c1ccccc1OC. The number of hydrogen-bond donors (Lipinski definition) is 2. The molecule has 2 aromatic rings.